The number of aromatic nitrogens is 3. The molecule has 2 aromatic heterocycles. The van der Waals surface area contributed by atoms with Crippen LogP contribution < -0.4 is 10.2 Å². The lowest BCUT2D eigenvalue weighted by Gasteiger charge is -2.35. The van der Waals surface area contributed by atoms with E-state index < -0.39 is 35.0 Å². The minimum Gasteiger partial charge on any atom is -0.350 e. The highest BCUT2D eigenvalue weighted by Gasteiger charge is 2.52. The van der Waals surface area contributed by atoms with Crippen LogP contribution in [0.15, 0.2) is 18.3 Å². The summed E-state index contributed by atoms with van der Waals surface area (Å²) in [6.45, 7) is 0.218. The van der Waals surface area contributed by atoms with Crippen molar-refractivity contribution in [2.45, 2.75) is 49.6 Å². The van der Waals surface area contributed by atoms with Crippen LogP contribution in [0.25, 0.3) is 0 Å². The van der Waals surface area contributed by atoms with Gasteiger partial charge in [0.15, 0.2) is 0 Å². The standard InChI is InChI=1S/C20H17ClF6N6O/c21-16-12(19(22,23)24)6-28-18(31-16)29-13-3-4-14(30-15(13)9-1-2-9)32-7-11-5-10(32)8-33(11)17(34)20(25,26)27/h3-4,6,9-11H,1-2,5,7-8H2,(H,28,29,31)/t10-,11-/m1/s1. The van der Waals surface area contributed by atoms with Gasteiger partial charge in [-0.1, -0.05) is 11.6 Å². The lowest BCUT2D eigenvalue weighted by molar-refractivity contribution is -0.186. The zero-order valence-electron chi connectivity index (χ0n) is 17.3. The molecule has 182 valence electrons. The van der Waals surface area contributed by atoms with Gasteiger partial charge in [-0.2, -0.15) is 26.3 Å². The van der Waals surface area contributed by atoms with E-state index in [9.17, 15) is 31.1 Å². The van der Waals surface area contributed by atoms with Crippen LogP contribution in [0.2, 0.25) is 5.15 Å². The molecule has 2 bridgehead atoms. The van der Waals surface area contributed by atoms with E-state index in [4.69, 9.17) is 16.6 Å². The van der Waals surface area contributed by atoms with E-state index in [1.54, 1.807) is 12.1 Å². The first kappa shape index (κ1) is 22.9. The van der Waals surface area contributed by atoms with Gasteiger partial charge < -0.3 is 15.1 Å². The topological polar surface area (TPSA) is 74.2 Å². The van der Waals surface area contributed by atoms with Gasteiger partial charge in [0, 0.05) is 25.2 Å². The molecule has 2 aromatic rings. The Morgan fingerprint density at radius 1 is 1.06 bits per heavy atom. The maximum Gasteiger partial charge on any atom is 0.471 e. The summed E-state index contributed by atoms with van der Waals surface area (Å²) >= 11 is 5.67. The van der Waals surface area contributed by atoms with Gasteiger partial charge in [-0.15, -0.1) is 0 Å². The number of rotatable bonds is 4. The van der Waals surface area contributed by atoms with Crippen molar-refractivity contribution in [3.63, 3.8) is 0 Å². The van der Waals surface area contributed by atoms with E-state index in [-0.39, 0.29) is 31.0 Å². The van der Waals surface area contributed by atoms with Crippen molar-refractivity contribution in [1.29, 1.82) is 0 Å². The van der Waals surface area contributed by atoms with Crippen LogP contribution in [-0.4, -0.2) is 57.1 Å². The van der Waals surface area contributed by atoms with E-state index in [1.165, 1.54) is 0 Å². The summed E-state index contributed by atoms with van der Waals surface area (Å²) in [6, 6.07) is 2.56. The Morgan fingerprint density at radius 2 is 1.79 bits per heavy atom. The van der Waals surface area contributed by atoms with Crippen molar-refractivity contribution in [3.05, 3.63) is 34.7 Å². The second kappa shape index (κ2) is 7.85. The summed E-state index contributed by atoms with van der Waals surface area (Å²) in [5.74, 6) is -1.22. The van der Waals surface area contributed by atoms with Gasteiger partial charge in [-0.25, -0.2) is 15.0 Å². The Bertz CT molecular complexity index is 1140. The van der Waals surface area contributed by atoms with Gasteiger partial charge >= 0.3 is 18.3 Å². The fraction of sp³-hybridized carbons (Fsp3) is 0.500. The zero-order chi connectivity index (χ0) is 24.4. The minimum absolute atomic E-state index is 0.0264. The number of piperazine rings is 1. The third-order valence-electron chi connectivity index (χ3n) is 6.21. The Hall–Kier alpha value is -2.83. The number of amides is 1. The molecule has 4 heterocycles. The van der Waals surface area contributed by atoms with E-state index in [2.05, 4.69) is 15.3 Å². The Kier molecular flexibility index (Phi) is 5.30. The number of nitrogens with one attached hydrogen (secondary N) is 1. The molecule has 0 spiro atoms. The molecule has 2 aliphatic heterocycles. The van der Waals surface area contributed by atoms with Crippen LogP contribution >= 0.6 is 11.6 Å². The quantitative estimate of drug-likeness (QED) is 0.486. The molecule has 0 aromatic carbocycles. The van der Waals surface area contributed by atoms with Crippen LogP contribution in [0.1, 0.15) is 36.4 Å². The molecule has 2 atom stereocenters. The number of pyridine rings is 1. The molecule has 3 aliphatic rings. The van der Waals surface area contributed by atoms with Gasteiger partial charge in [-0.05, 0) is 31.4 Å². The summed E-state index contributed by atoms with van der Waals surface area (Å²) in [6.07, 6.45) is -6.79. The third kappa shape index (κ3) is 4.21. The van der Waals surface area contributed by atoms with Crippen LogP contribution in [0, 0.1) is 0 Å². The highest BCUT2D eigenvalue weighted by molar-refractivity contribution is 6.30. The number of carbonyl (C=O) groups is 1. The van der Waals surface area contributed by atoms with E-state index in [0.717, 1.165) is 17.7 Å². The van der Waals surface area contributed by atoms with Gasteiger partial charge in [-0.3, -0.25) is 4.79 Å². The summed E-state index contributed by atoms with van der Waals surface area (Å²) in [5, 5.41) is 2.14. The second-order valence-corrected chi connectivity index (χ2v) is 8.91. The summed E-state index contributed by atoms with van der Waals surface area (Å²) in [7, 11) is 0. The van der Waals surface area contributed by atoms with Gasteiger partial charge in [0.1, 0.15) is 16.5 Å². The third-order valence-corrected chi connectivity index (χ3v) is 6.49. The zero-order valence-corrected chi connectivity index (χ0v) is 18.0. The molecule has 1 saturated carbocycles. The number of fused-ring (bicyclic) bond motifs is 2. The molecular formula is C20H17ClF6N6O. The molecule has 5 rings (SSSR count). The lowest BCUT2D eigenvalue weighted by Crippen LogP contribution is -2.52. The first-order valence-corrected chi connectivity index (χ1v) is 10.8. The average molecular weight is 507 g/mol. The fourth-order valence-corrected chi connectivity index (χ4v) is 4.72. The molecule has 1 amide bonds. The van der Waals surface area contributed by atoms with Crippen LogP contribution in [0.3, 0.4) is 0 Å². The number of anilines is 3. The van der Waals surface area contributed by atoms with Gasteiger partial charge in [0.25, 0.3) is 0 Å². The number of nitrogens with zero attached hydrogens (tertiary/aromatic N) is 5. The first-order chi connectivity index (χ1) is 15.9. The normalized spacial score (nSPS) is 22.4. The fourth-order valence-electron chi connectivity index (χ4n) is 4.49. The van der Waals surface area contributed by atoms with Gasteiger partial charge in [0.2, 0.25) is 5.95 Å². The van der Waals surface area contributed by atoms with E-state index in [1.807, 2.05) is 4.90 Å². The van der Waals surface area contributed by atoms with Gasteiger partial charge in [0.05, 0.1) is 23.5 Å². The Labute approximate surface area is 194 Å². The second-order valence-electron chi connectivity index (χ2n) is 8.55. The molecule has 0 unspecified atom stereocenters. The monoisotopic (exact) mass is 506 g/mol. The molecule has 2 saturated heterocycles. The van der Waals surface area contributed by atoms with Crippen LogP contribution in [0.4, 0.5) is 43.8 Å². The van der Waals surface area contributed by atoms with Crippen molar-refractivity contribution in [3.8, 4) is 0 Å². The smallest absolute Gasteiger partial charge is 0.350 e. The average Bonchev–Trinajstić information content (AvgIpc) is 3.39. The Morgan fingerprint density at radius 3 is 2.35 bits per heavy atom. The van der Waals surface area contributed by atoms with Crippen molar-refractivity contribution >= 4 is 35.0 Å². The summed E-state index contributed by atoms with van der Waals surface area (Å²) < 4.78 is 77.1. The molecular weight excluding hydrogens is 490 g/mol. The maximum atomic E-state index is 12.9. The predicted molar refractivity (Wildman–Crippen MR) is 109 cm³/mol. The molecule has 1 N–H and O–H groups in total. The largest absolute Gasteiger partial charge is 0.471 e. The molecule has 34 heavy (non-hydrogen) atoms. The maximum absolute atomic E-state index is 12.9. The number of alkyl halides is 6. The van der Waals surface area contributed by atoms with Crippen LogP contribution in [-0.2, 0) is 11.0 Å². The number of halogens is 7. The number of likely N-dealkylation sites (tertiary alicyclic amines) is 1. The predicted octanol–water partition coefficient (Wildman–Crippen LogP) is 4.52. The summed E-state index contributed by atoms with van der Waals surface area (Å²) in [5.41, 5.74) is 0.0427. The molecule has 1 aliphatic carbocycles. The highest BCUT2D eigenvalue weighted by atomic mass is 35.5. The summed E-state index contributed by atoms with van der Waals surface area (Å²) in [4.78, 5) is 26.5. The number of carbonyl (C=O) groups excluding carboxylic acids is 1. The minimum atomic E-state index is -4.90. The molecule has 0 radical (unpaired) electrons. The lowest BCUT2D eigenvalue weighted by atomic mass is 10.2. The van der Waals surface area contributed by atoms with Crippen LogP contribution in [0.5, 0.6) is 0 Å². The Balaban J connectivity index is 1.35. The molecule has 3 fully saturated rings. The highest BCUT2D eigenvalue weighted by Crippen LogP contribution is 2.45. The van der Waals surface area contributed by atoms with Crippen molar-refractivity contribution in [2.24, 2.45) is 0 Å². The molecule has 7 nitrogen and oxygen atoms in total. The van der Waals surface area contributed by atoms with E-state index >= 15 is 0 Å². The molecule has 14 heteroatoms. The first-order valence-electron chi connectivity index (χ1n) is 10.4. The SMILES string of the molecule is O=C(N1C[C@H]2C[C@@H]1CN2c1ccc(Nc2ncc(C(F)(F)F)c(Cl)n2)c(C2CC2)n1)C(F)(F)F. The van der Waals surface area contributed by atoms with Crippen molar-refractivity contribution in [1.82, 2.24) is 19.9 Å². The number of hydrogen-bond acceptors (Lipinski definition) is 6. The van der Waals surface area contributed by atoms with E-state index in [0.29, 0.717) is 29.8 Å². The van der Waals surface area contributed by atoms with Crippen molar-refractivity contribution in [2.75, 3.05) is 23.3 Å². The number of hydrogen-bond donors (Lipinski definition) is 1. The van der Waals surface area contributed by atoms with Crippen molar-refractivity contribution < 1.29 is 31.1 Å².